The summed E-state index contributed by atoms with van der Waals surface area (Å²) < 4.78 is 6.45. The minimum Gasteiger partial charge on any atom is -0.490 e. The van der Waals surface area contributed by atoms with Crippen LogP contribution in [0.2, 0.25) is 0 Å². The van der Waals surface area contributed by atoms with E-state index in [0.717, 1.165) is 10.0 Å². The number of nitrogens with zero attached hydrogens (tertiary/aromatic N) is 1. The summed E-state index contributed by atoms with van der Waals surface area (Å²) in [5.41, 5.74) is 0.746. The van der Waals surface area contributed by atoms with E-state index in [1.165, 1.54) is 6.21 Å². The van der Waals surface area contributed by atoms with E-state index >= 15 is 0 Å². The molecule has 0 atom stereocenters. The van der Waals surface area contributed by atoms with Gasteiger partial charge in [-0.05, 0) is 32.0 Å². The Bertz CT molecular complexity index is 337. The molecule has 0 unspecified atom stereocenters. The van der Waals surface area contributed by atoms with E-state index in [0.29, 0.717) is 5.75 Å². The highest BCUT2D eigenvalue weighted by Gasteiger charge is 2.04. The molecular formula is C10H12BrNO2. The van der Waals surface area contributed by atoms with Gasteiger partial charge >= 0.3 is 0 Å². The smallest absolute Gasteiger partial charge is 0.128 e. The number of ether oxygens (including phenoxy) is 1. The molecular weight excluding hydrogens is 246 g/mol. The van der Waals surface area contributed by atoms with E-state index in [4.69, 9.17) is 9.94 Å². The fourth-order valence-electron chi connectivity index (χ4n) is 1.04. The van der Waals surface area contributed by atoms with E-state index in [-0.39, 0.29) is 6.10 Å². The molecule has 0 bridgehead atoms. The molecule has 0 spiro atoms. The van der Waals surface area contributed by atoms with E-state index in [1.54, 1.807) is 0 Å². The molecule has 0 saturated heterocycles. The molecule has 4 heteroatoms. The van der Waals surface area contributed by atoms with Gasteiger partial charge in [0.1, 0.15) is 5.75 Å². The molecule has 0 amide bonds. The fourth-order valence-corrected chi connectivity index (χ4v) is 1.42. The summed E-state index contributed by atoms with van der Waals surface area (Å²) in [4.78, 5) is 0. The summed E-state index contributed by atoms with van der Waals surface area (Å²) in [6.07, 6.45) is 1.45. The van der Waals surface area contributed by atoms with E-state index < -0.39 is 0 Å². The molecule has 1 aromatic carbocycles. The first-order valence-electron chi connectivity index (χ1n) is 4.27. The normalized spacial score (nSPS) is 11.1. The van der Waals surface area contributed by atoms with Gasteiger partial charge in [-0.25, -0.2) is 0 Å². The Labute approximate surface area is 91.5 Å². The lowest BCUT2D eigenvalue weighted by Crippen LogP contribution is -2.07. The van der Waals surface area contributed by atoms with Gasteiger partial charge in [-0.3, -0.25) is 0 Å². The van der Waals surface area contributed by atoms with Crippen molar-refractivity contribution in [1.29, 1.82) is 0 Å². The topological polar surface area (TPSA) is 41.8 Å². The minimum atomic E-state index is 0.0991. The number of benzene rings is 1. The van der Waals surface area contributed by atoms with E-state index in [2.05, 4.69) is 21.1 Å². The van der Waals surface area contributed by atoms with Crippen molar-refractivity contribution in [1.82, 2.24) is 0 Å². The van der Waals surface area contributed by atoms with Gasteiger partial charge in [0.25, 0.3) is 0 Å². The third-order valence-electron chi connectivity index (χ3n) is 1.53. The Morgan fingerprint density at radius 3 is 2.79 bits per heavy atom. The maximum atomic E-state index is 8.47. The van der Waals surface area contributed by atoms with E-state index in [9.17, 15) is 0 Å². The summed E-state index contributed by atoms with van der Waals surface area (Å²) >= 11 is 3.33. The van der Waals surface area contributed by atoms with E-state index in [1.807, 2.05) is 32.0 Å². The molecule has 0 saturated carbocycles. The Morgan fingerprint density at radius 1 is 1.50 bits per heavy atom. The monoisotopic (exact) mass is 257 g/mol. The lowest BCUT2D eigenvalue weighted by atomic mass is 10.2. The Hall–Kier alpha value is -1.03. The van der Waals surface area contributed by atoms with Crippen LogP contribution in [0.1, 0.15) is 19.4 Å². The van der Waals surface area contributed by atoms with Gasteiger partial charge in [0, 0.05) is 10.0 Å². The lowest BCUT2D eigenvalue weighted by molar-refractivity contribution is 0.242. The Morgan fingerprint density at radius 2 is 2.21 bits per heavy atom. The SMILES string of the molecule is CC(C)Oc1ccc(Br)cc1/C=N\O. The van der Waals surface area contributed by atoms with Crippen molar-refractivity contribution < 1.29 is 9.94 Å². The highest BCUT2D eigenvalue weighted by molar-refractivity contribution is 9.10. The average molecular weight is 258 g/mol. The summed E-state index contributed by atoms with van der Waals surface area (Å²) in [6.45, 7) is 3.89. The van der Waals surface area contributed by atoms with Crippen molar-refractivity contribution in [2.75, 3.05) is 0 Å². The van der Waals surface area contributed by atoms with Gasteiger partial charge in [-0.2, -0.15) is 0 Å². The van der Waals surface area contributed by atoms with Gasteiger partial charge in [0.15, 0.2) is 0 Å². The van der Waals surface area contributed by atoms with Crippen molar-refractivity contribution in [2.45, 2.75) is 20.0 Å². The van der Waals surface area contributed by atoms with Crippen LogP contribution in [0.5, 0.6) is 5.75 Å². The van der Waals surface area contributed by atoms with Crippen molar-refractivity contribution in [3.8, 4) is 5.75 Å². The third kappa shape index (κ3) is 3.03. The number of hydrogen-bond donors (Lipinski definition) is 1. The molecule has 0 aliphatic heterocycles. The zero-order valence-electron chi connectivity index (χ0n) is 8.07. The van der Waals surface area contributed by atoms with Crippen LogP contribution in [0.4, 0.5) is 0 Å². The van der Waals surface area contributed by atoms with Gasteiger partial charge in [0.2, 0.25) is 0 Å². The van der Waals surface area contributed by atoms with Crippen LogP contribution in [0, 0.1) is 0 Å². The molecule has 0 aliphatic rings. The molecule has 0 heterocycles. The number of halogens is 1. The van der Waals surface area contributed by atoms with Crippen LogP contribution in [0.3, 0.4) is 0 Å². The van der Waals surface area contributed by atoms with Crippen LogP contribution in [0.15, 0.2) is 27.8 Å². The molecule has 1 N–H and O–H groups in total. The first kappa shape index (κ1) is 11.0. The second kappa shape index (κ2) is 5.00. The number of hydrogen-bond acceptors (Lipinski definition) is 3. The Kier molecular flexibility index (Phi) is 3.95. The first-order chi connectivity index (χ1) is 6.63. The first-order valence-corrected chi connectivity index (χ1v) is 5.06. The van der Waals surface area contributed by atoms with Gasteiger partial charge < -0.3 is 9.94 Å². The molecule has 1 aromatic rings. The number of oxime groups is 1. The zero-order valence-corrected chi connectivity index (χ0v) is 9.65. The van der Waals surface area contributed by atoms with Gasteiger partial charge in [0.05, 0.1) is 12.3 Å². The van der Waals surface area contributed by atoms with Crippen LogP contribution < -0.4 is 4.74 Å². The standard InChI is InChI=1S/C10H12BrNO2/c1-7(2)14-10-4-3-9(11)5-8(10)6-12-13/h3-7,13H,1-2H3/b12-6-. The summed E-state index contributed by atoms with van der Waals surface area (Å²) in [5.74, 6) is 0.709. The highest BCUT2D eigenvalue weighted by atomic mass is 79.9. The van der Waals surface area contributed by atoms with Crippen molar-refractivity contribution in [2.24, 2.45) is 5.16 Å². The van der Waals surface area contributed by atoms with Crippen LogP contribution in [0.25, 0.3) is 0 Å². The predicted octanol–water partition coefficient (Wildman–Crippen LogP) is 3.04. The molecule has 3 nitrogen and oxygen atoms in total. The molecule has 76 valence electrons. The average Bonchev–Trinajstić information content (AvgIpc) is 2.09. The molecule has 1 rings (SSSR count). The molecule has 0 fully saturated rings. The molecule has 0 aliphatic carbocycles. The highest BCUT2D eigenvalue weighted by Crippen LogP contribution is 2.22. The largest absolute Gasteiger partial charge is 0.490 e. The number of rotatable bonds is 3. The Balaban J connectivity index is 3.01. The minimum absolute atomic E-state index is 0.0991. The maximum Gasteiger partial charge on any atom is 0.128 e. The van der Waals surface area contributed by atoms with Crippen molar-refractivity contribution in [3.63, 3.8) is 0 Å². The second-order valence-electron chi connectivity index (χ2n) is 3.09. The van der Waals surface area contributed by atoms with Gasteiger partial charge in [-0.15, -0.1) is 0 Å². The third-order valence-corrected chi connectivity index (χ3v) is 2.02. The van der Waals surface area contributed by atoms with Crippen LogP contribution >= 0.6 is 15.9 Å². The molecule has 0 radical (unpaired) electrons. The van der Waals surface area contributed by atoms with Gasteiger partial charge in [-0.1, -0.05) is 21.1 Å². The quantitative estimate of drug-likeness (QED) is 0.514. The molecule has 0 aromatic heterocycles. The predicted molar refractivity (Wildman–Crippen MR) is 59.3 cm³/mol. The molecule has 14 heavy (non-hydrogen) atoms. The summed E-state index contributed by atoms with van der Waals surface area (Å²) in [5, 5.41) is 11.5. The zero-order chi connectivity index (χ0) is 10.6. The van der Waals surface area contributed by atoms with Crippen molar-refractivity contribution >= 4 is 22.1 Å². The maximum absolute atomic E-state index is 8.47. The summed E-state index contributed by atoms with van der Waals surface area (Å²) in [6, 6.07) is 5.55. The van der Waals surface area contributed by atoms with Crippen LogP contribution in [-0.2, 0) is 0 Å². The second-order valence-corrected chi connectivity index (χ2v) is 4.01. The summed E-state index contributed by atoms with van der Waals surface area (Å²) in [7, 11) is 0. The lowest BCUT2D eigenvalue weighted by Gasteiger charge is -2.11. The fraction of sp³-hybridized carbons (Fsp3) is 0.300. The van der Waals surface area contributed by atoms with Crippen molar-refractivity contribution in [3.05, 3.63) is 28.2 Å². The van der Waals surface area contributed by atoms with Crippen LogP contribution in [-0.4, -0.2) is 17.5 Å².